The summed E-state index contributed by atoms with van der Waals surface area (Å²) in [5.74, 6) is 0.902. The van der Waals surface area contributed by atoms with Crippen molar-refractivity contribution >= 4 is 40.2 Å². The van der Waals surface area contributed by atoms with Crippen LogP contribution in [-0.4, -0.2) is 17.6 Å². The van der Waals surface area contributed by atoms with Gasteiger partial charge in [0.05, 0.1) is 24.8 Å². The highest BCUT2D eigenvalue weighted by Crippen LogP contribution is 2.35. The van der Waals surface area contributed by atoms with E-state index in [4.69, 9.17) is 4.98 Å². The van der Waals surface area contributed by atoms with E-state index in [0.717, 1.165) is 15.8 Å². The van der Waals surface area contributed by atoms with Crippen LogP contribution < -0.4 is 5.19 Å². The van der Waals surface area contributed by atoms with Gasteiger partial charge in [-0.15, -0.1) is 0 Å². The third kappa shape index (κ3) is 3.41. The van der Waals surface area contributed by atoms with Gasteiger partial charge in [0, 0.05) is 0 Å². The second-order valence-corrected chi connectivity index (χ2v) is 14.6. The van der Waals surface area contributed by atoms with Crippen molar-refractivity contribution in [2.45, 2.75) is 59.2 Å². The van der Waals surface area contributed by atoms with Gasteiger partial charge in [-0.2, -0.15) is 0 Å². The molecule has 0 bridgehead atoms. The highest BCUT2D eigenvalue weighted by atomic mass is 79.9. The highest BCUT2D eigenvalue weighted by molar-refractivity contribution is 9.10. The van der Waals surface area contributed by atoms with Crippen molar-refractivity contribution in [1.82, 2.24) is 9.55 Å². The highest BCUT2D eigenvalue weighted by Gasteiger charge is 2.25. The quantitative estimate of drug-likeness (QED) is 0.428. The molecule has 3 aromatic rings. The Hall–Kier alpha value is -1.39. The van der Waals surface area contributed by atoms with E-state index in [1.54, 1.807) is 0 Å². The molecule has 3 rings (SSSR count). The number of para-hydroxylation sites is 2. The summed E-state index contributed by atoms with van der Waals surface area (Å²) in [6.45, 7) is 16.5. The Labute approximate surface area is 166 Å². The first-order chi connectivity index (χ1) is 12.1. The second-order valence-electron chi connectivity index (χ2n) is 8.77. The molecule has 0 saturated carbocycles. The van der Waals surface area contributed by atoms with Crippen LogP contribution in [0.15, 0.2) is 41.1 Å². The molecule has 0 aliphatic carbocycles. The number of fused-ring (bicyclic) bond motifs is 1. The first kappa shape index (κ1) is 19.4. The van der Waals surface area contributed by atoms with E-state index in [1.807, 2.05) is 6.07 Å². The number of hydrogen-bond donors (Lipinski definition) is 0. The molecule has 0 aliphatic heterocycles. The fraction of sp³-hybridized carbons (Fsp3) is 0.409. The van der Waals surface area contributed by atoms with E-state index in [9.17, 15) is 0 Å². The molecule has 0 unspecified atom stereocenters. The summed E-state index contributed by atoms with van der Waals surface area (Å²) in [7, 11) is -1.40. The minimum absolute atomic E-state index is 0.451. The molecule has 26 heavy (non-hydrogen) atoms. The van der Waals surface area contributed by atoms with E-state index in [1.165, 1.54) is 22.0 Å². The largest absolute Gasteiger partial charge is 0.286 e. The smallest absolute Gasteiger partial charge is 0.182 e. The van der Waals surface area contributed by atoms with Gasteiger partial charge in [-0.3, -0.25) is 4.57 Å². The summed E-state index contributed by atoms with van der Waals surface area (Å²) in [5, 5.41) is 1.54. The van der Waals surface area contributed by atoms with E-state index in [0.29, 0.717) is 11.8 Å². The maximum absolute atomic E-state index is 4.75. The molecular formula is C22H29BrN2Si. The van der Waals surface area contributed by atoms with Crippen molar-refractivity contribution in [1.29, 1.82) is 0 Å². The molecule has 2 nitrogen and oxygen atoms in total. The first-order valence-corrected chi connectivity index (χ1v) is 13.7. The standard InChI is InChI=1S/C22H29BrN2Si/c1-14(2)17-12-16(26(5,6)7)13-18(15(3)4)21(17)25-20-11-9-8-10-19(20)24-22(25)23/h8-15H,1-7H3. The predicted octanol–water partition coefficient (Wildman–Crippen LogP) is 6.58. The van der Waals surface area contributed by atoms with Crippen LogP contribution in [0.5, 0.6) is 0 Å². The number of nitrogens with zero attached hydrogens (tertiary/aromatic N) is 2. The fourth-order valence-corrected chi connectivity index (χ4v) is 5.20. The molecule has 0 aliphatic rings. The Morgan fingerprint density at radius 3 is 1.96 bits per heavy atom. The van der Waals surface area contributed by atoms with E-state index < -0.39 is 8.07 Å². The van der Waals surface area contributed by atoms with Crippen LogP contribution in [0.25, 0.3) is 16.7 Å². The number of benzene rings is 2. The molecule has 0 fully saturated rings. The SMILES string of the molecule is CC(C)c1cc([Si](C)(C)C)cc(C(C)C)c1-n1c(Br)nc2ccccc21. The zero-order chi connectivity index (χ0) is 19.2. The number of halogens is 1. The van der Waals surface area contributed by atoms with E-state index >= 15 is 0 Å². The molecule has 0 N–H and O–H groups in total. The third-order valence-electron chi connectivity index (χ3n) is 5.02. The predicted molar refractivity (Wildman–Crippen MR) is 120 cm³/mol. The molecule has 0 atom stereocenters. The minimum atomic E-state index is -1.40. The topological polar surface area (TPSA) is 17.8 Å². The molecule has 4 heteroatoms. The van der Waals surface area contributed by atoms with E-state index in [2.05, 4.69) is 98.2 Å². The van der Waals surface area contributed by atoms with Crippen LogP contribution >= 0.6 is 15.9 Å². The molecule has 0 amide bonds. The Kier molecular flexibility index (Phi) is 5.19. The fourth-order valence-electron chi connectivity index (χ4n) is 3.46. The molecule has 1 aromatic heterocycles. The molecule has 0 radical (unpaired) electrons. The monoisotopic (exact) mass is 428 g/mol. The van der Waals surface area contributed by atoms with Crippen LogP contribution in [0.2, 0.25) is 19.6 Å². The molecule has 1 heterocycles. The van der Waals surface area contributed by atoms with Gasteiger partial charge < -0.3 is 0 Å². The summed E-state index contributed by atoms with van der Waals surface area (Å²) < 4.78 is 3.18. The second kappa shape index (κ2) is 6.97. The maximum atomic E-state index is 4.75. The van der Waals surface area contributed by atoms with Crippen molar-refractivity contribution in [3.63, 3.8) is 0 Å². The molecule has 0 saturated heterocycles. The summed E-state index contributed by atoms with van der Waals surface area (Å²) in [6, 6.07) is 13.3. The lowest BCUT2D eigenvalue weighted by Gasteiger charge is -2.27. The molecular weight excluding hydrogens is 400 g/mol. The number of rotatable bonds is 4. The van der Waals surface area contributed by atoms with Crippen molar-refractivity contribution in [2.75, 3.05) is 0 Å². The van der Waals surface area contributed by atoms with Gasteiger partial charge in [0.2, 0.25) is 0 Å². The number of hydrogen-bond acceptors (Lipinski definition) is 1. The zero-order valence-corrected chi connectivity index (χ0v) is 19.5. The maximum Gasteiger partial charge on any atom is 0.182 e. The lowest BCUT2D eigenvalue weighted by atomic mass is 9.92. The minimum Gasteiger partial charge on any atom is -0.286 e. The van der Waals surface area contributed by atoms with Crippen LogP contribution in [0, 0.1) is 0 Å². The Balaban J connectivity index is 2.44. The van der Waals surface area contributed by atoms with Gasteiger partial charge in [0.25, 0.3) is 0 Å². The van der Waals surface area contributed by atoms with Gasteiger partial charge >= 0.3 is 0 Å². The van der Waals surface area contributed by atoms with Crippen LogP contribution in [0.1, 0.15) is 50.7 Å². The third-order valence-corrected chi connectivity index (χ3v) is 7.58. The first-order valence-electron chi connectivity index (χ1n) is 9.43. The van der Waals surface area contributed by atoms with Crippen LogP contribution in [0.4, 0.5) is 0 Å². The number of imidazole rings is 1. The van der Waals surface area contributed by atoms with Crippen molar-refractivity contribution in [3.8, 4) is 5.69 Å². The zero-order valence-electron chi connectivity index (χ0n) is 16.9. The van der Waals surface area contributed by atoms with Crippen LogP contribution in [0.3, 0.4) is 0 Å². The summed E-state index contributed by atoms with van der Waals surface area (Å²) in [6.07, 6.45) is 0. The molecule has 2 aromatic carbocycles. The average Bonchev–Trinajstić information content (AvgIpc) is 2.88. The normalized spacial score (nSPS) is 12.5. The lowest BCUT2D eigenvalue weighted by molar-refractivity contribution is 0.807. The van der Waals surface area contributed by atoms with Gasteiger partial charge in [-0.25, -0.2) is 4.98 Å². The average molecular weight is 429 g/mol. The number of aromatic nitrogens is 2. The Bertz CT molecular complexity index is 919. The van der Waals surface area contributed by atoms with Crippen molar-refractivity contribution in [3.05, 3.63) is 52.3 Å². The Morgan fingerprint density at radius 2 is 1.46 bits per heavy atom. The summed E-state index contributed by atoms with van der Waals surface area (Å²) in [5.41, 5.74) is 6.31. The Morgan fingerprint density at radius 1 is 0.923 bits per heavy atom. The molecule has 138 valence electrons. The van der Waals surface area contributed by atoms with Crippen molar-refractivity contribution < 1.29 is 0 Å². The van der Waals surface area contributed by atoms with Gasteiger partial charge in [0.15, 0.2) is 4.73 Å². The summed E-state index contributed by atoms with van der Waals surface area (Å²) in [4.78, 5) is 4.75. The lowest BCUT2D eigenvalue weighted by Crippen LogP contribution is -2.38. The van der Waals surface area contributed by atoms with Gasteiger partial charge in [0.1, 0.15) is 0 Å². The summed E-state index contributed by atoms with van der Waals surface area (Å²) >= 11 is 3.73. The van der Waals surface area contributed by atoms with Gasteiger partial charge in [-0.1, -0.05) is 76.8 Å². The van der Waals surface area contributed by atoms with Crippen molar-refractivity contribution in [2.24, 2.45) is 0 Å². The van der Waals surface area contributed by atoms with Crippen LogP contribution in [-0.2, 0) is 0 Å². The van der Waals surface area contributed by atoms with Gasteiger partial charge in [-0.05, 0) is 51.0 Å². The van der Waals surface area contributed by atoms with E-state index in [-0.39, 0.29) is 0 Å². The molecule has 0 spiro atoms.